The van der Waals surface area contributed by atoms with Crippen molar-refractivity contribution in [2.75, 3.05) is 0 Å². The molecule has 2 rings (SSSR count). The van der Waals surface area contributed by atoms with E-state index in [-0.39, 0.29) is 22.5 Å². The van der Waals surface area contributed by atoms with Gasteiger partial charge >= 0.3 is 0 Å². The Balaban J connectivity index is 2.08. The molecule has 1 aliphatic carbocycles. The molecule has 0 saturated heterocycles. The average Bonchev–Trinajstić information content (AvgIpc) is 2.41. The van der Waals surface area contributed by atoms with E-state index in [0.29, 0.717) is 0 Å². The van der Waals surface area contributed by atoms with Gasteiger partial charge in [0.05, 0.1) is 4.90 Å². The molecule has 0 bridgehead atoms. The summed E-state index contributed by atoms with van der Waals surface area (Å²) >= 11 is 0. The van der Waals surface area contributed by atoms with Gasteiger partial charge < -0.3 is 11.5 Å². The van der Waals surface area contributed by atoms with Crippen molar-refractivity contribution in [3.8, 4) is 0 Å². The van der Waals surface area contributed by atoms with Crippen LogP contribution in [-0.2, 0) is 10.0 Å². The number of carbonyl (C=O) groups excluding carboxylic acids is 1. The van der Waals surface area contributed by atoms with Crippen LogP contribution in [0.15, 0.2) is 29.2 Å². The second-order valence-corrected chi connectivity index (χ2v) is 6.84. The summed E-state index contributed by atoms with van der Waals surface area (Å²) < 4.78 is 27.1. The third-order valence-corrected chi connectivity index (χ3v) is 5.08. The highest BCUT2D eigenvalue weighted by Gasteiger charge is 2.24. The minimum Gasteiger partial charge on any atom is -0.366 e. The highest BCUT2D eigenvalue weighted by molar-refractivity contribution is 7.89. The largest absolute Gasteiger partial charge is 0.366 e. The van der Waals surface area contributed by atoms with E-state index in [1.54, 1.807) is 0 Å². The molecule has 0 heterocycles. The van der Waals surface area contributed by atoms with Crippen molar-refractivity contribution >= 4 is 15.9 Å². The van der Waals surface area contributed by atoms with Crippen LogP contribution in [0.2, 0.25) is 0 Å². The monoisotopic (exact) mass is 297 g/mol. The molecule has 0 aromatic heterocycles. The molecule has 1 aromatic carbocycles. The Morgan fingerprint density at radius 3 is 2.15 bits per heavy atom. The maximum atomic E-state index is 12.2. The average molecular weight is 297 g/mol. The lowest BCUT2D eigenvalue weighted by Crippen LogP contribution is -2.40. The molecule has 0 radical (unpaired) electrons. The van der Waals surface area contributed by atoms with E-state index >= 15 is 0 Å². The number of carbonyl (C=O) groups is 1. The summed E-state index contributed by atoms with van der Waals surface area (Å²) in [6, 6.07) is 5.69. The quantitative estimate of drug-likeness (QED) is 0.743. The van der Waals surface area contributed by atoms with E-state index in [9.17, 15) is 13.2 Å². The SMILES string of the molecule is NC(=O)c1ccc(S(=O)(=O)NC2CCC(N)CC2)cc1. The van der Waals surface area contributed by atoms with Crippen LogP contribution in [0.1, 0.15) is 36.0 Å². The van der Waals surface area contributed by atoms with E-state index in [4.69, 9.17) is 11.5 Å². The van der Waals surface area contributed by atoms with Gasteiger partial charge in [-0.05, 0) is 49.9 Å². The summed E-state index contributed by atoms with van der Waals surface area (Å²) in [5.74, 6) is -0.580. The molecule has 6 nitrogen and oxygen atoms in total. The number of benzene rings is 1. The van der Waals surface area contributed by atoms with Gasteiger partial charge in [-0.2, -0.15) is 0 Å². The Bertz CT molecular complexity index is 575. The molecule has 1 saturated carbocycles. The third kappa shape index (κ3) is 3.56. The van der Waals surface area contributed by atoms with Crippen LogP contribution >= 0.6 is 0 Å². The van der Waals surface area contributed by atoms with Crippen molar-refractivity contribution in [1.29, 1.82) is 0 Å². The minimum absolute atomic E-state index is 0.0735. The predicted molar refractivity (Wildman–Crippen MR) is 75.5 cm³/mol. The normalized spacial score (nSPS) is 23.4. The molecule has 110 valence electrons. The fraction of sp³-hybridized carbons (Fsp3) is 0.462. The summed E-state index contributed by atoms with van der Waals surface area (Å²) in [5.41, 5.74) is 11.2. The molecular formula is C13H19N3O3S. The Hall–Kier alpha value is -1.44. The van der Waals surface area contributed by atoms with Gasteiger partial charge in [-0.3, -0.25) is 4.79 Å². The summed E-state index contributed by atoms with van der Waals surface area (Å²) in [6.45, 7) is 0. The van der Waals surface area contributed by atoms with E-state index < -0.39 is 15.9 Å². The van der Waals surface area contributed by atoms with Gasteiger partial charge in [0.2, 0.25) is 15.9 Å². The van der Waals surface area contributed by atoms with Gasteiger partial charge in [0, 0.05) is 17.6 Å². The van der Waals surface area contributed by atoms with Crippen molar-refractivity contribution in [2.24, 2.45) is 11.5 Å². The lowest BCUT2D eigenvalue weighted by Gasteiger charge is -2.26. The molecule has 7 heteroatoms. The number of rotatable bonds is 4. The molecule has 1 amide bonds. The molecule has 5 N–H and O–H groups in total. The van der Waals surface area contributed by atoms with Gasteiger partial charge in [-0.15, -0.1) is 0 Å². The van der Waals surface area contributed by atoms with Crippen molar-refractivity contribution in [1.82, 2.24) is 4.72 Å². The molecule has 0 aliphatic heterocycles. The fourth-order valence-corrected chi connectivity index (χ4v) is 3.63. The number of sulfonamides is 1. The van der Waals surface area contributed by atoms with Crippen LogP contribution in [0.5, 0.6) is 0 Å². The second kappa shape index (κ2) is 5.90. The van der Waals surface area contributed by atoms with Crippen LogP contribution in [-0.4, -0.2) is 26.4 Å². The first-order valence-electron chi connectivity index (χ1n) is 6.56. The van der Waals surface area contributed by atoms with Crippen molar-refractivity contribution in [3.63, 3.8) is 0 Å². The minimum atomic E-state index is -3.56. The Morgan fingerprint density at radius 2 is 1.65 bits per heavy atom. The zero-order valence-electron chi connectivity index (χ0n) is 11.1. The second-order valence-electron chi connectivity index (χ2n) is 5.12. The Morgan fingerprint density at radius 1 is 1.10 bits per heavy atom. The topological polar surface area (TPSA) is 115 Å². The smallest absolute Gasteiger partial charge is 0.248 e. The van der Waals surface area contributed by atoms with E-state index in [0.717, 1.165) is 25.7 Å². The van der Waals surface area contributed by atoms with Crippen LogP contribution in [0.25, 0.3) is 0 Å². The zero-order chi connectivity index (χ0) is 14.8. The highest BCUT2D eigenvalue weighted by atomic mass is 32.2. The number of nitrogens with two attached hydrogens (primary N) is 2. The third-order valence-electron chi connectivity index (χ3n) is 3.54. The van der Waals surface area contributed by atoms with E-state index in [1.807, 2.05) is 0 Å². The first-order valence-corrected chi connectivity index (χ1v) is 8.04. The van der Waals surface area contributed by atoms with E-state index in [1.165, 1.54) is 24.3 Å². The Kier molecular flexibility index (Phi) is 4.42. The summed E-state index contributed by atoms with van der Waals surface area (Å²) in [6.07, 6.45) is 3.15. The summed E-state index contributed by atoms with van der Waals surface area (Å²) in [4.78, 5) is 11.1. The molecule has 1 fully saturated rings. The fourth-order valence-electron chi connectivity index (χ4n) is 2.32. The number of nitrogens with one attached hydrogen (secondary N) is 1. The molecule has 0 atom stereocenters. The molecular weight excluding hydrogens is 278 g/mol. The van der Waals surface area contributed by atoms with Gasteiger partial charge in [0.15, 0.2) is 0 Å². The van der Waals surface area contributed by atoms with Gasteiger partial charge in [-0.25, -0.2) is 13.1 Å². The van der Waals surface area contributed by atoms with Crippen LogP contribution in [0, 0.1) is 0 Å². The zero-order valence-corrected chi connectivity index (χ0v) is 11.9. The molecule has 0 unspecified atom stereocenters. The van der Waals surface area contributed by atoms with E-state index in [2.05, 4.69) is 4.72 Å². The predicted octanol–water partition coefficient (Wildman–Crippen LogP) is 0.334. The molecule has 0 spiro atoms. The Labute approximate surface area is 118 Å². The summed E-state index contributed by atoms with van der Waals surface area (Å²) in [5, 5.41) is 0. The van der Waals surface area contributed by atoms with Gasteiger partial charge in [-0.1, -0.05) is 0 Å². The first-order chi connectivity index (χ1) is 9.38. The molecule has 20 heavy (non-hydrogen) atoms. The van der Waals surface area contributed by atoms with Gasteiger partial charge in [0.1, 0.15) is 0 Å². The lowest BCUT2D eigenvalue weighted by molar-refractivity contribution is 0.1000. The molecule has 1 aromatic rings. The van der Waals surface area contributed by atoms with Crippen LogP contribution in [0.3, 0.4) is 0 Å². The molecule has 1 aliphatic rings. The van der Waals surface area contributed by atoms with Crippen LogP contribution in [0.4, 0.5) is 0 Å². The summed E-state index contributed by atoms with van der Waals surface area (Å²) in [7, 11) is -3.56. The number of hydrogen-bond acceptors (Lipinski definition) is 4. The number of primary amides is 1. The van der Waals surface area contributed by atoms with Crippen molar-refractivity contribution in [2.45, 2.75) is 42.7 Å². The lowest BCUT2D eigenvalue weighted by atomic mass is 9.93. The standard InChI is InChI=1S/C13H19N3O3S/c14-10-3-5-11(6-4-10)16-20(18,19)12-7-1-9(2-8-12)13(15)17/h1-2,7-8,10-11,16H,3-6,14H2,(H2,15,17). The maximum absolute atomic E-state index is 12.2. The van der Waals surface area contributed by atoms with Crippen LogP contribution < -0.4 is 16.2 Å². The van der Waals surface area contributed by atoms with Crippen molar-refractivity contribution < 1.29 is 13.2 Å². The maximum Gasteiger partial charge on any atom is 0.248 e. The van der Waals surface area contributed by atoms with Crippen molar-refractivity contribution in [3.05, 3.63) is 29.8 Å². The highest BCUT2D eigenvalue weighted by Crippen LogP contribution is 2.19. The van der Waals surface area contributed by atoms with Gasteiger partial charge in [0.25, 0.3) is 0 Å². The number of amides is 1. The number of hydrogen-bond donors (Lipinski definition) is 3. The first kappa shape index (κ1) is 15.0.